The maximum absolute atomic E-state index is 13.5. The van der Waals surface area contributed by atoms with Crippen LogP contribution in [0.3, 0.4) is 0 Å². The first kappa shape index (κ1) is 20.4. The minimum Gasteiger partial charge on any atom is -0.368 e. The predicted octanol–water partition coefficient (Wildman–Crippen LogP) is 3.55. The number of amides is 2. The molecule has 0 aliphatic carbocycles. The third-order valence-corrected chi connectivity index (χ3v) is 5.99. The van der Waals surface area contributed by atoms with Gasteiger partial charge in [0, 0.05) is 44.0 Å². The molecule has 158 valence electrons. The highest BCUT2D eigenvalue weighted by molar-refractivity contribution is 6.01. The number of anilines is 1. The fraction of sp³-hybridized carbons (Fsp3) is 0.417. The second-order valence-corrected chi connectivity index (χ2v) is 8.52. The molecule has 0 bridgehead atoms. The van der Waals surface area contributed by atoms with Crippen LogP contribution in [0.25, 0.3) is 0 Å². The van der Waals surface area contributed by atoms with Crippen molar-refractivity contribution in [3.8, 4) is 0 Å². The molecule has 2 aromatic carbocycles. The monoisotopic (exact) mass is 409 g/mol. The number of hydrogen-bond acceptors (Lipinski definition) is 3. The summed E-state index contributed by atoms with van der Waals surface area (Å²) in [7, 11) is 0. The van der Waals surface area contributed by atoms with E-state index >= 15 is 0 Å². The van der Waals surface area contributed by atoms with Gasteiger partial charge in [-0.05, 0) is 48.2 Å². The van der Waals surface area contributed by atoms with Gasteiger partial charge in [-0.2, -0.15) is 0 Å². The van der Waals surface area contributed by atoms with E-state index in [-0.39, 0.29) is 17.6 Å². The van der Waals surface area contributed by atoms with Crippen LogP contribution in [0.1, 0.15) is 36.2 Å². The fourth-order valence-electron chi connectivity index (χ4n) is 4.38. The lowest BCUT2D eigenvalue weighted by Gasteiger charge is -2.39. The molecular formula is C24H28FN3O2. The minimum atomic E-state index is -0.442. The summed E-state index contributed by atoms with van der Waals surface area (Å²) in [4.78, 5) is 32.2. The number of hydrogen-bond donors (Lipinski definition) is 0. The molecule has 6 heteroatoms. The van der Waals surface area contributed by atoms with Gasteiger partial charge in [-0.15, -0.1) is 0 Å². The molecule has 1 atom stereocenters. The zero-order valence-electron chi connectivity index (χ0n) is 17.6. The molecule has 4 rings (SSSR count). The Morgan fingerprint density at radius 2 is 1.67 bits per heavy atom. The highest BCUT2D eigenvalue weighted by Gasteiger charge is 2.38. The third-order valence-electron chi connectivity index (χ3n) is 5.99. The summed E-state index contributed by atoms with van der Waals surface area (Å²) in [5, 5.41) is 0. The van der Waals surface area contributed by atoms with Crippen LogP contribution < -0.4 is 4.90 Å². The molecule has 0 radical (unpaired) electrons. The number of carbonyl (C=O) groups excluding carboxylic acids is 2. The molecule has 0 spiro atoms. The molecule has 0 aromatic heterocycles. The summed E-state index contributed by atoms with van der Waals surface area (Å²) in [6, 6.07) is 13.6. The SMILES string of the molecule is CC(C)C[C@H](C(=O)N1CCN(c2ccc(F)cc2)CC1)N1Cc2ccccc2C1=O. The van der Waals surface area contributed by atoms with Crippen molar-refractivity contribution in [2.45, 2.75) is 32.9 Å². The molecule has 30 heavy (non-hydrogen) atoms. The second kappa shape index (κ2) is 8.46. The molecule has 1 saturated heterocycles. The first-order valence-corrected chi connectivity index (χ1v) is 10.6. The van der Waals surface area contributed by atoms with Gasteiger partial charge in [0.15, 0.2) is 0 Å². The molecule has 0 unspecified atom stereocenters. The average Bonchev–Trinajstić information content (AvgIpc) is 3.09. The Hall–Kier alpha value is -2.89. The Morgan fingerprint density at radius 1 is 1.00 bits per heavy atom. The first-order chi connectivity index (χ1) is 14.4. The van der Waals surface area contributed by atoms with Crippen LogP contribution in [0.4, 0.5) is 10.1 Å². The van der Waals surface area contributed by atoms with E-state index in [4.69, 9.17) is 0 Å². The van der Waals surface area contributed by atoms with Crippen LogP contribution in [0, 0.1) is 11.7 Å². The topological polar surface area (TPSA) is 43.9 Å². The Bertz CT molecular complexity index is 920. The van der Waals surface area contributed by atoms with E-state index in [0.29, 0.717) is 50.6 Å². The van der Waals surface area contributed by atoms with E-state index in [1.165, 1.54) is 12.1 Å². The lowest BCUT2D eigenvalue weighted by Crippen LogP contribution is -2.55. The van der Waals surface area contributed by atoms with Gasteiger partial charge in [-0.3, -0.25) is 9.59 Å². The van der Waals surface area contributed by atoms with Crippen molar-refractivity contribution in [2.24, 2.45) is 5.92 Å². The number of rotatable bonds is 5. The van der Waals surface area contributed by atoms with E-state index in [1.807, 2.05) is 29.2 Å². The van der Waals surface area contributed by atoms with E-state index in [0.717, 1.165) is 11.3 Å². The molecular weight excluding hydrogens is 381 g/mol. The first-order valence-electron chi connectivity index (χ1n) is 10.6. The van der Waals surface area contributed by atoms with Gasteiger partial charge < -0.3 is 14.7 Å². The lowest BCUT2D eigenvalue weighted by molar-refractivity contribution is -0.137. The van der Waals surface area contributed by atoms with Gasteiger partial charge >= 0.3 is 0 Å². The van der Waals surface area contributed by atoms with Crippen LogP contribution in [0.2, 0.25) is 0 Å². The second-order valence-electron chi connectivity index (χ2n) is 8.52. The molecule has 0 N–H and O–H groups in total. The van der Waals surface area contributed by atoms with Crippen LogP contribution in [0.15, 0.2) is 48.5 Å². The van der Waals surface area contributed by atoms with Crippen LogP contribution >= 0.6 is 0 Å². The van der Waals surface area contributed by atoms with Crippen molar-refractivity contribution >= 4 is 17.5 Å². The minimum absolute atomic E-state index is 0.0311. The standard InChI is InChI=1S/C24H28FN3O2/c1-17(2)15-22(28-16-18-5-3-4-6-21(18)23(28)29)24(30)27-13-11-26(12-14-27)20-9-7-19(25)8-10-20/h3-10,17,22H,11-16H2,1-2H3/t22-/m1/s1. The molecule has 1 fully saturated rings. The zero-order chi connectivity index (χ0) is 21.3. The Labute approximate surface area is 177 Å². The largest absolute Gasteiger partial charge is 0.368 e. The molecule has 2 aliphatic rings. The number of nitrogens with zero attached hydrogens (tertiary/aromatic N) is 3. The van der Waals surface area contributed by atoms with Crippen molar-refractivity contribution in [3.63, 3.8) is 0 Å². The van der Waals surface area contributed by atoms with Gasteiger partial charge in [0.05, 0.1) is 0 Å². The molecule has 2 aromatic rings. The Kier molecular flexibility index (Phi) is 5.75. The number of piperazine rings is 1. The summed E-state index contributed by atoms with van der Waals surface area (Å²) < 4.78 is 13.2. The Balaban J connectivity index is 1.46. The van der Waals surface area contributed by atoms with Crippen molar-refractivity contribution in [1.29, 1.82) is 0 Å². The smallest absolute Gasteiger partial charge is 0.255 e. The summed E-state index contributed by atoms with van der Waals surface area (Å²) in [5.74, 6) is 0.0366. The summed E-state index contributed by atoms with van der Waals surface area (Å²) in [6.45, 7) is 7.24. The normalized spacial score (nSPS) is 17.5. The van der Waals surface area contributed by atoms with Gasteiger partial charge in [0.2, 0.25) is 5.91 Å². The van der Waals surface area contributed by atoms with Crippen molar-refractivity contribution < 1.29 is 14.0 Å². The molecule has 2 aliphatic heterocycles. The van der Waals surface area contributed by atoms with E-state index in [1.54, 1.807) is 17.0 Å². The summed E-state index contributed by atoms with van der Waals surface area (Å²) in [5.41, 5.74) is 2.66. The molecule has 2 amide bonds. The van der Waals surface area contributed by atoms with E-state index < -0.39 is 6.04 Å². The van der Waals surface area contributed by atoms with Crippen molar-refractivity contribution in [2.75, 3.05) is 31.1 Å². The van der Waals surface area contributed by atoms with Crippen molar-refractivity contribution in [3.05, 3.63) is 65.5 Å². The maximum atomic E-state index is 13.5. The van der Waals surface area contributed by atoms with E-state index in [9.17, 15) is 14.0 Å². The number of benzene rings is 2. The lowest BCUT2D eigenvalue weighted by atomic mass is 10.0. The summed E-state index contributed by atoms with van der Waals surface area (Å²) in [6.07, 6.45) is 0.650. The summed E-state index contributed by atoms with van der Waals surface area (Å²) >= 11 is 0. The highest BCUT2D eigenvalue weighted by atomic mass is 19.1. The number of halogens is 1. The molecule has 5 nitrogen and oxygen atoms in total. The quantitative estimate of drug-likeness (QED) is 0.759. The van der Waals surface area contributed by atoms with Crippen LogP contribution in [-0.2, 0) is 11.3 Å². The fourth-order valence-corrected chi connectivity index (χ4v) is 4.38. The number of fused-ring (bicyclic) bond motifs is 1. The molecule has 0 saturated carbocycles. The third kappa shape index (κ3) is 4.04. The van der Waals surface area contributed by atoms with Crippen LogP contribution in [-0.4, -0.2) is 53.8 Å². The van der Waals surface area contributed by atoms with Crippen LogP contribution in [0.5, 0.6) is 0 Å². The van der Waals surface area contributed by atoms with Crippen molar-refractivity contribution in [1.82, 2.24) is 9.80 Å². The zero-order valence-corrected chi connectivity index (χ0v) is 17.6. The van der Waals surface area contributed by atoms with Gasteiger partial charge in [0.1, 0.15) is 11.9 Å². The molecule has 2 heterocycles. The van der Waals surface area contributed by atoms with Gasteiger partial charge in [-0.25, -0.2) is 4.39 Å². The Morgan fingerprint density at radius 3 is 2.30 bits per heavy atom. The van der Waals surface area contributed by atoms with E-state index in [2.05, 4.69) is 18.7 Å². The predicted molar refractivity (Wildman–Crippen MR) is 115 cm³/mol. The van der Waals surface area contributed by atoms with Gasteiger partial charge in [0.25, 0.3) is 5.91 Å². The number of carbonyl (C=O) groups is 2. The average molecular weight is 410 g/mol. The maximum Gasteiger partial charge on any atom is 0.255 e. The highest BCUT2D eigenvalue weighted by Crippen LogP contribution is 2.28. The van der Waals surface area contributed by atoms with Gasteiger partial charge in [-0.1, -0.05) is 32.0 Å².